The summed E-state index contributed by atoms with van der Waals surface area (Å²) in [5.41, 5.74) is 0.346. The summed E-state index contributed by atoms with van der Waals surface area (Å²) in [5, 5.41) is 12.0. The topological polar surface area (TPSA) is 61.8 Å². The van der Waals surface area contributed by atoms with Crippen LogP contribution >= 0.6 is 15.9 Å². The van der Waals surface area contributed by atoms with Crippen LogP contribution in [0.25, 0.3) is 0 Å². The Hall–Kier alpha value is -1.18. The fraction of sp³-hybridized carbons (Fsp3) is 0.417. The molecule has 1 aromatic carbocycles. The Bertz CT molecular complexity index is 445. The summed E-state index contributed by atoms with van der Waals surface area (Å²) >= 11 is 3.03. The summed E-state index contributed by atoms with van der Waals surface area (Å²) in [5.74, 6) is -0.458. The van der Waals surface area contributed by atoms with Crippen molar-refractivity contribution in [1.29, 1.82) is 0 Å². The lowest BCUT2D eigenvalue weighted by Gasteiger charge is -2.21. The fourth-order valence-electron chi connectivity index (χ4n) is 1.44. The highest BCUT2D eigenvalue weighted by Crippen LogP contribution is 2.19. The molecule has 1 unspecified atom stereocenters. The van der Waals surface area contributed by atoms with Crippen molar-refractivity contribution in [2.24, 2.45) is 0 Å². The second-order valence-electron chi connectivity index (χ2n) is 4.05. The Labute approximate surface area is 119 Å². The first-order chi connectivity index (χ1) is 8.93. The van der Waals surface area contributed by atoms with Gasteiger partial charge in [-0.05, 0) is 34.1 Å². The number of aliphatic hydroxyl groups is 1. The van der Waals surface area contributed by atoms with Gasteiger partial charge >= 0.3 is 6.03 Å². The first kappa shape index (κ1) is 15.9. The standard InChI is InChI=1S/C12H16BrFN2O3/c1-16(6-9(17)7-19-2)12(18)15-8-3-4-10(13)11(14)5-8/h3-5,9,17H,6-7H2,1-2H3,(H,15,18). The van der Waals surface area contributed by atoms with Crippen LogP contribution in [0.3, 0.4) is 0 Å². The second kappa shape index (κ2) is 7.42. The van der Waals surface area contributed by atoms with Crippen LogP contribution in [0, 0.1) is 5.82 Å². The maximum Gasteiger partial charge on any atom is 0.321 e. The highest BCUT2D eigenvalue weighted by Gasteiger charge is 2.14. The Kier molecular flexibility index (Phi) is 6.20. The first-order valence-corrected chi connectivity index (χ1v) is 6.37. The predicted molar refractivity (Wildman–Crippen MR) is 73.6 cm³/mol. The molecule has 106 valence electrons. The molecule has 0 aliphatic rings. The van der Waals surface area contributed by atoms with Gasteiger partial charge in [0.1, 0.15) is 5.82 Å². The van der Waals surface area contributed by atoms with E-state index in [1.54, 1.807) is 6.07 Å². The van der Waals surface area contributed by atoms with E-state index in [1.165, 1.54) is 31.2 Å². The van der Waals surface area contributed by atoms with Crippen LogP contribution in [0.2, 0.25) is 0 Å². The molecule has 0 aliphatic heterocycles. The highest BCUT2D eigenvalue weighted by molar-refractivity contribution is 9.10. The largest absolute Gasteiger partial charge is 0.389 e. The van der Waals surface area contributed by atoms with Gasteiger partial charge < -0.3 is 20.1 Å². The summed E-state index contributed by atoms with van der Waals surface area (Å²) in [6, 6.07) is 3.85. The molecular formula is C12H16BrFN2O3. The molecule has 0 saturated carbocycles. The Balaban J connectivity index is 2.56. The molecule has 0 bridgehead atoms. The third-order valence-electron chi connectivity index (χ3n) is 2.36. The molecule has 0 spiro atoms. The molecule has 0 radical (unpaired) electrons. The third kappa shape index (κ3) is 5.14. The number of hydrogen-bond donors (Lipinski definition) is 2. The fourth-order valence-corrected chi connectivity index (χ4v) is 1.68. The SMILES string of the molecule is COCC(O)CN(C)C(=O)Nc1ccc(Br)c(F)c1. The third-order valence-corrected chi connectivity index (χ3v) is 3.00. The summed E-state index contributed by atoms with van der Waals surface area (Å²) in [4.78, 5) is 13.1. The number of nitrogens with one attached hydrogen (secondary N) is 1. The number of nitrogens with zero attached hydrogens (tertiary/aromatic N) is 1. The average molecular weight is 335 g/mol. The lowest BCUT2D eigenvalue weighted by atomic mass is 10.3. The van der Waals surface area contributed by atoms with Crippen LogP contribution in [0.4, 0.5) is 14.9 Å². The number of likely N-dealkylation sites (N-methyl/N-ethyl adjacent to an activating group) is 1. The van der Waals surface area contributed by atoms with E-state index in [0.29, 0.717) is 10.2 Å². The molecule has 1 rings (SSSR count). The molecular weight excluding hydrogens is 319 g/mol. The second-order valence-corrected chi connectivity index (χ2v) is 4.90. The molecule has 2 amide bonds. The number of urea groups is 1. The summed E-state index contributed by atoms with van der Waals surface area (Å²) in [7, 11) is 3.00. The van der Waals surface area contributed by atoms with Crippen molar-refractivity contribution >= 4 is 27.6 Å². The monoisotopic (exact) mass is 334 g/mol. The number of carbonyl (C=O) groups excluding carboxylic acids is 1. The van der Waals surface area contributed by atoms with Gasteiger partial charge in [0.15, 0.2) is 0 Å². The maximum atomic E-state index is 13.3. The van der Waals surface area contributed by atoms with Crippen molar-refractivity contribution in [3.05, 3.63) is 28.5 Å². The van der Waals surface area contributed by atoms with Gasteiger partial charge in [-0.3, -0.25) is 0 Å². The smallest absolute Gasteiger partial charge is 0.321 e. The number of aliphatic hydroxyl groups excluding tert-OH is 1. The molecule has 1 aromatic rings. The number of amides is 2. The van der Waals surface area contributed by atoms with E-state index in [9.17, 15) is 14.3 Å². The van der Waals surface area contributed by atoms with E-state index in [1.807, 2.05) is 0 Å². The molecule has 0 aliphatic carbocycles. The Morgan fingerprint density at radius 2 is 2.32 bits per heavy atom. The van der Waals surface area contributed by atoms with Gasteiger partial charge in [0.05, 0.1) is 23.7 Å². The number of rotatable bonds is 5. The van der Waals surface area contributed by atoms with Crippen LogP contribution in [0.15, 0.2) is 22.7 Å². The zero-order valence-electron chi connectivity index (χ0n) is 10.7. The van der Waals surface area contributed by atoms with E-state index in [4.69, 9.17) is 4.74 Å². The number of halogens is 2. The van der Waals surface area contributed by atoms with E-state index in [2.05, 4.69) is 21.2 Å². The minimum Gasteiger partial charge on any atom is -0.389 e. The van der Waals surface area contributed by atoms with Gasteiger partial charge in [-0.15, -0.1) is 0 Å². The molecule has 0 aromatic heterocycles. The number of benzene rings is 1. The van der Waals surface area contributed by atoms with Gasteiger partial charge in [0, 0.05) is 19.8 Å². The number of carbonyl (C=O) groups is 1. The lowest BCUT2D eigenvalue weighted by molar-refractivity contribution is 0.0501. The van der Waals surface area contributed by atoms with E-state index in [-0.39, 0.29) is 13.2 Å². The molecule has 19 heavy (non-hydrogen) atoms. The number of hydrogen-bond acceptors (Lipinski definition) is 3. The van der Waals surface area contributed by atoms with Crippen LogP contribution in [-0.4, -0.2) is 49.5 Å². The lowest BCUT2D eigenvalue weighted by Crippen LogP contribution is -2.38. The van der Waals surface area contributed by atoms with Gasteiger partial charge in [-0.2, -0.15) is 0 Å². The Morgan fingerprint density at radius 3 is 2.89 bits per heavy atom. The normalized spacial score (nSPS) is 12.1. The van der Waals surface area contributed by atoms with Gasteiger partial charge in [-0.1, -0.05) is 0 Å². The van der Waals surface area contributed by atoms with Crippen molar-refractivity contribution in [1.82, 2.24) is 4.90 Å². The molecule has 5 nitrogen and oxygen atoms in total. The molecule has 0 heterocycles. The van der Waals surface area contributed by atoms with Gasteiger partial charge in [0.25, 0.3) is 0 Å². The molecule has 7 heteroatoms. The van der Waals surface area contributed by atoms with E-state index in [0.717, 1.165) is 0 Å². The highest BCUT2D eigenvalue weighted by atomic mass is 79.9. The van der Waals surface area contributed by atoms with Crippen molar-refractivity contribution < 1.29 is 19.0 Å². The first-order valence-electron chi connectivity index (χ1n) is 5.58. The number of methoxy groups -OCH3 is 1. The molecule has 0 fully saturated rings. The average Bonchev–Trinajstić information content (AvgIpc) is 2.34. The number of anilines is 1. The van der Waals surface area contributed by atoms with Crippen molar-refractivity contribution in [2.75, 3.05) is 32.6 Å². The zero-order valence-corrected chi connectivity index (χ0v) is 12.3. The molecule has 0 saturated heterocycles. The minimum atomic E-state index is -0.762. The zero-order chi connectivity index (χ0) is 14.4. The molecule has 2 N–H and O–H groups in total. The summed E-state index contributed by atoms with van der Waals surface area (Å²) < 4.78 is 18.4. The van der Waals surface area contributed by atoms with E-state index >= 15 is 0 Å². The van der Waals surface area contributed by atoms with Crippen LogP contribution in [-0.2, 0) is 4.74 Å². The van der Waals surface area contributed by atoms with Gasteiger partial charge in [0.2, 0.25) is 0 Å². The van der Waals surface area contributed by atoms with Crippen molar-refractivity contribution in [3.8, 4) is 0 Å². The van der Waals surface area contributed by atoms with Crippen molar-refractivity contribution in [3.63, 3.8) is 0 Å². The summed E-state index contributed by atoms with van der Waals surface area (Å²) in [6.07, 6.45) is -0.762. The van der Waals surface area contributed by atoms with Crippen molar-refractivity contribution in [2.45, 2.75) is 6.10 Å². The molecule has 1 atom stereocenters. The summed E-state index contributed by atoms with van der Waals surface area (Å²) in [6.45, 7) is 0.267. The van der Waals surface area contributed by atoms with E-state index < -0.39 is 18.0 Å². The van der Waals surface area contributed by atoms with Crippen LogP contribution < -0.4 is 5.32 Å². The van der Waals surface area contributed by atoms with Crippen LogP contribution in [0.1, 0.15) is 0 Å². The maximum absolute atomic E-state index is 13.3. The minimum absolute atomic E-state index is 0.124. The number of ether oxygens (including phenoxy) is 1. The van der Waals surface area contributed by atoms with Crippen LogP contribution in [0.5, 0.6) is 0 Å². The Morgan fingerprint density at radius 1 is 1.63 bits per heavy atom. The predicted octanol–water partition coefficient (Wildman–Crippen LogP) is 2.06. The van der Waals surface area contributed by atoms with Gasteiger partial charge in [-0.25, -0.2) is 9.18 Å². The quantitative estimate of drug-likeness (QED) is 0.866.